The molecular formula is C18H21BrN4O2. The highest BCUT2D eigenvalue weighted by Crippen LogP contribution is 2.20. The number of rotatable bonds is 5. The second kappa shape index (κ2) is 8.40. The van der Waals surface area contributed by atoms with Crippen LogP contribution in [-0.2, 0) is 4.74 Å². The summed E-state index contributed by atoms with van der Waals surface area (Å²) in [4.78, 5) is 12.2. The highest BCUT2D eigenvalue weighted by Gasteiger charge is 2.18. The highest BCUT2D eigenvalue weighted by atomic mass is 79.9. The molecule has 0 saturated carbocycles. The molecule has 1 aliphatic rings. The molecule has 1 saturated heterocycles. The number of anilines is 1. The van der Waals surface area contributed by atoms with Crippen LogP contribution in [0.25, 0.3) is 0 Å². The van der Waals surface area contributed by atoms with Gasteiger partial charge in [-0.15, -0.1) is 10.2 Å². The summed E-state index contributed by atoms with van der Waals surface area (Å²) in [6.07, 6.45) is 1.67. The number of benzene rings is 1. The van der Waals surface area contributed by atoms with Crippen molar-refractivity contribution >= 4 is 27.7 Å². The first-order valence-corrected chi connectivity index (χ1v) is 9.15. The molecule has 2 aromatic rings. The quantitative estimate of drug-likeness (QED) is 0.798. The lowest BCUT2D eigenvalue weighted by Crippen LogP contribution is -2.39. The standard InChI is InChI=1S/C18H21BrN4O2/c1-12(13-2-4-14(19)5-3-13)20-17-7-6-16(22-23-17)18(24)21-15-8-10-25-11-9-15/h2-7,12,15H,8-11H2,1H3,(H,20,23)(H,21,24). The maximum Gasteiger partial charge on any atom is 0.272 e. The fourth-order valence-electron chi connectivity index (χ4n) is 2.69. The predicted octanol–water partition coefficient (Wildman–Crippen LogP) is 3.32. The van der Waals surface area contributed by atoms with Crippen molar-refractivity contribution in [2.45, 2.75) is 31.8 Å². The molecule has 1 aliphatic heterocycles. The molecule has 132 valence electrons. The molecule has 2 N–H and O–H groups in total. The number of carbonyl (C=O) groups excluding carboxylic acids is 1. The van der Waals surface area contributed by atoms with Crippen LogP contribution in [-0.4, -0.2) is 35.4 Å². The Labute approximate surface area is 155 Å². The van der Waals surface area contributed by atoms with E-state index < -0.39 is 0 Å². The molecule has 2 heterocycles. The maximum atomic E-state index is 12.2. The van der Waals surface area contributed by atoms with Crippen LogP contribution in [0.2, 0.25) is 0 Å². The molecule has 1 unspecified atom stereocenters. The first kappa shape index (κ1) is 17.8. The molecule has 3 rings (SSSR count). The van der Waals surface area contributed by atoms with Crippen molar-refractivity contribution < 1.29 is 9.53 Å². The topological polar surface area (TPSA) is 76.1 Å². The normalized spacial score (nSPS) is 16.2. The second-order valence-corrected chi connectivity index (χ2v) is 7.00. The molecule has 1 amide bonds. The SMILES string of the molecule is CC(Nc1ccc(C(=O)NC2CCOCC2)nn1)c1ccc(Br)cc1. The van der Waals surface area contributed by atoms with Gasteiger partial charge in [0.25, 0.3) is 5.91 Å². The summed E-state index contributed by atoms with van der Waals surface area (Å²) in [5.74, 6) is 0.449. The monoisotopic (exact) mass is 404 g/mol. The van der Waals surface area contributed by atoms with Crippen LogP contribution in [0.3, 0.4) is 0 Å². The van der Waals surface area contributed by atoms with Crippen LogP contribution in [0.4, 0.5) is 5.82 Å². The van der Waals surface area contributed by atoms with Crippen molar-refractivity contribution in [1.82, 2.24) is 15.5 Å². The number of nitrogens with zero attached hydrogens (tertiary/aromatic N) is 2. The van der Waals surface area contributed by atoms with Crippen LogP contribution in [0.15, 0.2) is 40.9 Å². The van der Waals surface area contributed by atoms with E-state index in [1.165, 1.54) is 0 Å². The van der Waals surface area contributed by atoms with E-state index in [9.17, 15) is 4.79 Å². The molecule has 1 aromatic heterocycles. The third kappa shape index (κ3) is 4.99. The van der Waals surface area contributed by atoms with Gasteiger partial charge in [-0.3, -0.25) is 4.79 Å². The van der Waals surface area contributed by atoms with Gasteiger partial charge in [-0.25, -0.2) is 0 Å². The number of hydrogen-bond acceptors (Lipinski definition) is 5. The fraction of sp³-hybridized carbons (Fsp3) is 0.389. The Hall–Kier alpha value is -1.99. The van der Waals surface area contributed by atoms with E-state index >= 15 is 0 Å². The number of nitrogens with one attached hydrogen (secondary N) is 2. The van der Waals surface area contributed by atoms with E-state index in [2.05, 4.69) is 43.7 Å². The summed E-state index contributed by atoms with van der Waals surface area (Å²) in [5.41, 5.74) is 1.47. The minimum absolute atomic E-state index is 0.0873. The van der Waals surface area contributed by atoms with Crippen LogP contribution in [0, 0.1) is 0 Å². The molecule has 0 spiro atoms. The van der Waals surface area contributed by atoms with Gasteiger partial charge in [0, 0.05) is 29.8 Å². The van der Waals surface area contributed by atoms with Crippen LogP contribution < -0.4 is 10.6 Å². The van der Waals surface area contributed by atoms with Gasteiger partial charge < -0.3 is 15.4 Å². The molecule has 6 nitrogen and oxygen atoms in total. The lowest BCUT2D eigenvalue weighted by molar-refractivity contribution is 0.0693. The molecule has 0 radical (unpaired) electrons. The van der Waals surface area contributed by atoms with Crippen LogP contribution >= 0.6 is 15.9 Å². The molecule has 1 atom stereocenters. The Morgan fingerprint density at radius 1 is 1.16 bits per heavy atom. The van der Waals surface area contributed by atoms with Gasteiger partial charge in [0.15, 0.2) is 5.69 Å². The lowest BCUT2D eigenvalue weighted by Gasteiger charge is -2.22. The van der Waals surface area contributed by atoms with E-state index in [-0.39, 0.29) is 18.0 Å². The summed E-state index contributed by atoms with van der Waals surface area (Å²) >= 11 is 3.43. The van der Waals surface area contributed by atoms with E-state index in [0.29, 0.717) is 24.7 Å². The predicted molar refractivity (Wildman–Crippen MR) is 99.5 cm³/mol. The Kier molecular flexibility index (Phi) is 5.99. The summed E-state index contributed by atoms with van der Waals surface area (Å²) in [6, 6.07) is 11.8. The summed E-state index contributed by atoms with van der Waals surface area (Å²) in [5, 5.41) is 14.4. The zero-order chi connectivity index (χ0) is 17.6. The smallest absolute Gasteiger partial charge is 0.272 e. The van der Waals surface area contributed by atoms with Gasteiger partial charge in [-0.05, 0) is 49.6 Å². The third-order valence-electron chi connectivity index (χ3n) is 4.19. The van der Waals surface area contributed by atoms with Gasteiger partial charge in [-0.1, -0.05) is 28.1 Å². The number of carbonyl (C=O) groups is 1. The van der Waals surface area contributed by atoms with E-state index in [0.717, 1.165) is 22.9 Å². The molecular weight excluding hydrogens is 384 g/mol. The minimum Gasteiger partial charge on any atom is -0.381 e. The second-order valence-electron chi connectivity index (χ2n) is 6.08. The average Bonchev–Trinajstić information content (AvgIpc) is 2.63. The first-order valence-electron chi connectivity index (χ1n) is 8.36. The zero-order valence-electron chi connectivity index (χ0n) is 14.0. The van der Waals surface area contributed by atoms with Gasteiger partial charge in [0.1, 0.15) is 5.82 Å². The molecule has 7 heteroatoms. The van der Waals surface area contributed by atoms with E-state index in [1.807, 2.05) is 24.3 Å². The van der Waals surface area contributed by atoms with Crippen molar-refractivity contribution in [2.75, 3.05) is 18.5 Å². The Morgan fingerprint density at radius 3 is 2.52 bits per heavy atom. The van der Waals surface area contributed by atoms with E-state index in [4.69, 9.17) is 4.74 Å². The lowest BCUT2D eigenvalue weighted by atomic mass is 10.1. The number of hydrogen-bond donors (Lipinski definition) is 2. The molecule has 1 fully saturated rings. The van der Waals surface area contributed by atoms with Crippen molar-refractivity contribution in [3.63, 3.8) is 0 Å². The van der Waals surface area contributed by atoms with Crippen molar-refractivity contribution in [2.24, 2.45) is 0 Å². The van der Waals surface area contributed by atoms with Gasteiger partial charge >= 0.3 is 0 Å². The summed E-state index contributed by atoms with van der Waals surface area (Å²) in [7, 11) is 0. The van der Waals surface area contributed by atoms with Crippen molar-refractivity contribution in [1.29, 1.82) is 0 Å². The number of amides is 1. The van der Waals surface area contributed by atoms with Crippen LogP contribution in [0.1, 0.15) is 41.9 Å². The number of halogens is 1. The summed E-state index contributed by atoms with van der Waals surface area (Å²) < 4.78 is 6.34. The highest BCUT2D eigenvalue weighted by molar-refractivity contribution is 9.10. The largest absolute Gasteiger partial charge is 0.381 e. The number of aromatic nitrogens is 2. The first-order chi connectivity index (χ1) is 12.1. The average molecular weight is 405 g/mol. The van der Waals surface area contributed by atoms with Crippen molar-refractivity contribution in [3.8, 4) is 0 Å². The molecule has 0 bridgehead atoms. The minimum atomic E-state index is -0.188. The molecule has 0 aliphatic carbocycles. The zero-order valence-corrected chi connectivity index (χ0v) is 15.6. The Bertz CT molecular complexity index is 700. The Balaban J connectivity index is 1.57. The Morgan fingerprint density at radius 2 is 1.88 bits per heavy atom. The number of ether oxygens (including phenoxy) is 1. The summed E-state index contributed by atoms with van der Waals surface area (Å²) in [6.45, 7) is 3.43. The van der Waals surface area contributed by atoms with Crippen LogP contribution in [0.5, 0.6) is 0 Å². The van der Waals surface area contributed by atoms with Gasteiger partial charge in [0.2, 0.25) is 0 Å². The third-order valence-corrected chi connectivity index (χ3v) is 4.72. The van der Waals surface area contributed by atoms with E-state index in [1.54, 1.807) is 12.1 Å². The molecule has 25 heavy (non-hydrogen) atoms. The maximum absolute atomic E-state index is 12.2. The molecule has 1 aromatic carbocycles. The van der Waals surface area contributed by atoms with Gasteiger partial charge in [0.05, 0.1) is 0 Å². The van der Waals surface area contributed by atoms with Gasteiger partial charge in [-0.2, -0.15) is 0 Å². The fourth-order valence-corrected chi connectivity index (χ4v) is 2.95. The van der Waals surface area contributed by atoms with Crippen molar-refractivity contribution in [3.05, 3.63) is 52.1 Å².